The van der Waals surface area contributed by atoms with Crippen LogP contribution in [0.5, 0.6) is 0 Å². The lowest BCUT2D eigenvalue weighted by Crippen LogP contribution is -2.28. The number of fused-ring (bicyclic) bond motifs is 1. The highest BCUT2D eigenvalue weighted by Gasteiger charge is 2.44. The summed E-state index contributed by atoms with van der Waals surface area (Å²) in [5, 5.41) is 0. The summed E-state index contributed by atoms with van der Waals surface area (Å²) in [6, 6.07) is 0. The van der Waals surface area contributed by atoms with Crippen LogP contribution in [-0.4, -0.2) is 5.78 Å². The molecule has 1 fully saturated rings. The molecule has 0 saturated heterocycles. The second-order valence-electron chi connectivity index (χ2n) is 4.42. The van der Waals surface area contributed by atoms with E-state index in [1.165, 1.54) is 24.8 Å². The summed E-state index contributed by atoms with van der Waals surface area (Å²) in [5.41, 5.74) is 1.65. The third-order valence-corrected chi connectivity index (χ3v) is 3.82. The highest BCUT2D eigenvalue weighted by molar-refractivity contribution is 5.96. The first-order chi connectivity index (χ1) is 5.64. The maximum absolute atomic E-state index is 11.5. The van der Waals surface area contributed by atoms with Gasteiger partial charge in [0.1, 0.15) is 0 Å². The van der Waals surface area contributed by atoms with Gasteiger partial charge >= 0.3 is 0 Å². The lowest BCUT2D eigenvalue weighted by atomic mass is 9.68. The van der Waals surface area contributed by atoms with Gasteiger partial charge < -0.3 is 0 Å². The van der Waals surface area contributed by atoms with Gasteiger partial charge in [0.15, 0.2) is 5.78 Å². The van der Waals surface area contributed by atoms with Gasteiger partial charge in [-0.3, -0.25) is 4.79 Å². The Morgan fingerprint density at radius 2 is 2.25 bits per heavy atom. The van der Waals surface area contributed by atoms with Crippen LogP contribution in [0.1, 0.15) is 39.5 Å². The van der Waals surface area contributed by atoms with Gasteiger partial charge in [-0.1, -0.05) is 25.8 Å². The van der Waals surface area contributed by atoms with Crippen molar-refractivity contribution in [2.45, 2.75) is 39.5 Å². The molecule has 2 aliphatic rings. The molecule has 66 valence electrons. The summed E-state index contributed by atoms with van der Waals surface area (Å²) in [5.74, 6) is 0.599. The first-order valence-corrected chi connectivity index (χ1v) is 4.89. The molecule has 2 rings (SSSR count). The smallest absolute Gasteiger partial charge is 0.159 e. The molecule has 0 radical (unpaired) electrons. The average molecular weight is 164 g/mol. The fourth-order valence-corrected chi connectivity index (χ4v) is 2.60. The Morgan fingerprint density at radius 3 is 2.92 bits per heavy atom. The maximum atomic E-state index is 11.5. The Balaban J connectivity index is 2.35. The van der Waals surface area contributed by atoms with Crippen molar-refractivity contribution in [1.82, 2.24) is 0 Å². The largest absolute Gasteiger partial charge is 0.295 e. The summed E-state index contributed by atoms with van der Waals surface area (Å²) in [7, 11) is 0. The van der Waals surface area contributed by atoms with E-state index >= 15 is 0 Å². The lowest BCUT2D eigenvalue weighted by Gasteiger charge is -2.35. The summed E-state index contributed by atoms with van der Waals surface area (Å²) >= 11 is 0. The highest BCUT2D eigenvalue weighted by atomic mass is 16.1. The van der Waals surface area contributed by atoms with Gasteiger partial charge in [0, 0.05) is 5.92 Å². The van der Waals surface area contributed by atoms with E-state index in [2.05, 4.69) is 13.8 Å². The molecule has 0 spiro atoms. The van der Waals surface area contributed by atoms with Gasteiger partial charge in [-0.25, -0.2) is 0 Å². The minimum absolute atomic E-state index is 0.231. The van der Waals surface area contributed by atoms with Crippen LogP contribution >= 0.6 is 0 Å². The van der Waals surface area contributed by atoms with Crippen molar-refractivity contribution < 1.29 is 4.79 Å². The fraction of sp³-hybridized carbons (Fsp3) is 0.727. The van der Waals surface area contributed by atoms with Gasteiger partial charge in [0.25, 0.3) is 0 Å². The number of carbonyl (C=O) groups is 1. The van der Waals surface area contributed by atoms with Gasteiger partial charge in [-0.2, -0.15) is 0 Å². The Bertz CT molecular complexity index is 252. The SMILES string of the molecule is C[C@@H]1C(=O)C=C2CCCC[C@@]21C. The molecule has 2 atom stereocenters. The van der Waals surface area contributed by atoms with Crippen molar-refractivity contribution in [2.24, 2.45) is 11.3 Å². The Hall–Kier alpha value is -0.590. The fourth-order valence-electron chi connectivity index (χ4n) is 2.60. The zero-order valence-corrected chi connectivity index (χ0v) is 7.89. The van der Waals surface area contributed by atoms with Gasteiger partial charge in [-0.15, -0.1) is 0 Å². The van der Waals surface area contributed by atoms with E-state index in [-0.39, 0.29) is 11.3 Å². The van der Waals surface area contributed by atoms with Crippen LogP contribution in [0.25, 0.3) is 0 Å². The van der Waals surface area contributed by atoms with Crippen molar-refractivity contribution in [3.05, 3.63) is 11.6 Å². The summed E-state index contributed by atoms with van der Waals surface area (Å²) in [4.78, 5) is 11.5. The van der Waals surface area contributed by atoms with Crippen LogP contribution in [-0.2, 0) is 4.79 Å². The zero-order valence-electron chi connectivity index (χ0n) is 7.89. The second kappa shape index (κ2) is 2.45. The molecule has 0 aromatic heterocycles. The molecule has 0 aliphatic heterocycles. The van der Waals surface area contributed by atoms with E-state index in [1.807, 2.05) is 6.08 Å². The number of hydrogen-bond acceptors (Lipinski definition) is 1. The molecule has 0 bridgehead atoms. The molecule has 1 saturated carbocycles. The second-order valence-corrected chi connectivity index (χ2v) is 4.42. The monoisotopic (exact) mass is 164 g/mol. The van der Waals surface area contributed by atoms with Crippen LogP contribution in [0.3, 0.4) is 0 Å². The van der Waals surface area contributed by atoms with E-state index in [0.29, 0.717) is 5.78 Å². The molecule has 0 aromatic rings. The molecule has 2 aliphatic carbocycles. The van der Waals surface area contributed by atoms with Gasteiger partial charge in [0.05, 0.1) is 0 Å². The number of allylic oxidation sites excluding steroid dienone is 2. The van der Waals surface area contributed by atoms with E-state index < -0.39 is 0 Å². The number of hydrogen-bond donors (Lipinski definition) is 0. The standard InChI is InChI=1S/C11H16O/c1-8-10(12)7-9-5-3-4-6-11(8,9)2/h7-8H,3-6H2,1-2H3/t8-,11-/m1/s1. The topological polar surface area (TPSA) is 17.1 Å². The number of carbonyl (C=O) groups excluding carboxylic acids is 1. The van der Waals surface area contributed by atoms with Crippen LogP contribution in [0, 0.1) is 11.3 Å². The first-order valence-electron chi connectivity index (χ1n) is 4.89. The Morgan fingerprint density at radius 1 is 1.50 bits per heavy atom. The quantitative estimate of drug-likeness (QED) is 0.538. The number of ketones is 1. The average Bonchev–Trinajstić information content (AvgIpc) is 2.28. The van der Waals surface area contributed by atoms with Crippen molar-refractivity contribution >= 4 is 5.78 Å². The minimum atomic E-state index is 0.231. The van der Waals surface area contributed by atoms with Crippen LogP contribution in [0.15, 0.2) is 11.6 Å². The summed E-state index contributed by atoms with van der Waals surface area (Å²) in [6.07, 6.45) is 6.86. The third-order valence-electron chi connectivity index (χ3n) is 3.82. The van der Waals surface area contributed by atoms with Crippen molar-refractivity contribution in [2.75, 3.05) is 0 Å². The van der Waals surface area contributed by atoms with Crippen molar-refractivity contribution in [3.63, 3.8) is 0 Å². The van der Waals surface area contributed by atoms with Gasteiger partial charge in [0.2, 0.25) is 0 Å². The highest BCUT2D eigenvalue weighted by Crippen LogP contribution is 2.50. The molecule has 0 aromatic carbocycles. The third kappa shape index (κ3) is 0.886. The number of rotatable bonds is 0. The van der Waals surface area contributed by atoms with E-state index in [1.54, 1.807) is 0 Å². The lowest BCUT2D eigenvalue weighted by molar-refractivity contribution is -0.119. The molecular weight excluding hydrogens is 148 g/mol. The molecule has 12 heavy (non-hydrogen) atoms. The van der Waals surface area contributed by atoms with Crippen LogP contribution in [0.2, 0.25) is 0 Å². The molecule has 0 unspecified atom stereocenters. The van der Waals surface area contributed by atoms with Crippen LogP contribution < -0.4 is 0 Å². The predicted molar refractivity (Wildman–Crippen MR) is 48.8 cm³/mol. The normalized spacial score (nSPS) is 41.0. The van der Waals surface area contributed by atoms with Crippen LogP contribution in [0.4, 0.5) is 0 Å². The molecular formula is C11H16O. The molecule has 0 amide bonds. The summed E-state index contributed by atoms with van der Waals surface area (Å²) < 4.78 is 0. The minimum Gasteiger partial charge on any atom is -0.295 e. The predicted octanol–water partition coefficient (Wildman–Crippen LogP) is 2.71. The van der Waals surface area contributed by atoms with Crippen molar-refractivity contribution in [1.29, 1.82) is 0 Å². The van der Waals surface area contributed by atoms with E-state index in [9.17, 15) is 4.79 Å². The Labute approximate surface area is 73.8 Å². The molecule has 0 heterocycles. The first kappa shape index (κ1) is 8.03. The van der Waals surface area contributed by atoms with Crippen molar-refractivity contribution in [3.8, 4) is 0 Å². The Kier molecular flexibility index (Phi) is 1.64. The summed E-state index contributed by atoms with van der Waals surface area (Å²) in [6.45, 7) is 4.34. The molecule has 0 N–H and O–H groups in total. The van der Waals surface area contributed by atoms with E-state index in [0.717, 1.165) is 6.42 Å². The zero-order chi connectivity index (χ0) is 8.77. The molecule has 1 heteroatoms. The molecule has 1 nitrogen and oxygen atoms in total. The van der Waals surface area contributed by atoms with E-state index in [4.69, 9.17) is 0 Å². The maximum Gasteiger partial charge on any atom is 0.159 e. The van der Waals surface area contributed by atoms with Gasteiger partial charge in [-0.05, 0) is 30.8 Å².